The largest absolute Gasteiger partial charge is 0.357 e. The predicted molar refractivity (Wildman–Crippen MR) is 121 cm³/mol. The first-order valence-corrected chi connectivity index (χ1v) is 9.15. The Bertz CT molecular complexity index is 928. The molecule has 1 aromatic heterocycles. The first kappa shape index (κ1) is 22.8. The molecular weight excluding hydrogens is 487 g/mol. The highest BCUT2D eigenvalue weighted by Gasteiger charge is 2.07. The number of hydrogen-bond donors (Lipinski definition) is 2. The van der Waals surface area contributed by atoms with Crippen molar-refractivity contribution in [1.29, 1.82) is 0 Å². The Morgan fingerprint density at radius 1 is 1.10 bits per heavy atom. The molecule has 3 aromatic rings. The van der Waals surface area contributed by atoms with Crippen LogP contribution < -0.4 is 10.6 Å². The minimum Gasteiger partial charge on any atom is -0.357 e. The van der Waals surface area contributed by atoms with Gasteiger partial charge in [-0.2, -0.15) is 0 Å². The number of rotatable bonds is 7. The number of imidazole rings is 1. The lowest BCUT2D eigenvalue weighted by Crippen LogP contribution is -2.37. The van der Waals surface area contributed by atoms with Crippen molar-refractivity contribution in [2.45, 2.75) is 26.6 Å². The van der Waals surface area contributed by atoms with Gasteiger partial charge in [0.25, 0.3) is 0 Å². The highest BCUT2D eigenvalue weighted by atomic mass is 127. The van der Waals surface area contributed by atoms with E-state index in [9.17, 15) is 8.78 Å². The van der Waals surface area contributed by atoms with Crippen LogP contribution in [0.1, 0.15) is 23.9 Å². The van der Waals surface area contributed by atoms with E-state index in [1.165, 1.54) is 5.56 Å². The monoisotopic (exact) mass is 511 g/mol. The summed E-state index contributed by atoms with van der Waals surface area (Å²) in [6.07, 6.45) is 3.68. The molecule has 0 saturated heterocycles. The summed E-state index contributed by atoms with van der Waals surface area (Å²) in [5.74, 6) is 0.415. The summed E-state index contributed by atoms with van der Waals surface area (Å²) in [6, 6.07) is 13.5. The van der Waals surface area contributed by atoms with Gasteiger partial charge in [-0.25, -0.2) is 18.8 Å². The van der Waals surface area contributed by atoms with E-state index in [4.69, 9.17) is 0 Å². The average Bonchev–Trinajstić information content (AvgIpc) is 3.14. The van der Waals surface area contributed by atoms with Crippen LogP contribution in [-0.2, 0) is 19.6 Å². The van der Waals surface area contributed by atoms with E-state index in [1.54, 1.807) is 6.20 Å². The zero-order valence-electron chi connectivity index (χ0n) is 16.1. The number of halogens is 3. The summed E-state index contributed by atoms with van der Waals surface area (Å²) in [5.41, 5.74) is 1.40. The fraction of sp³-hybridized carbons (Fsp3) is 0.238. The molecule has 5 nitrogen and oxygen atoms in total. The van der Waals surface area contributed by atoms with Crippen molar-refractivity contribution in [3.8, 4) is 0 Å². The fourth-order valence-corrected chi connectivity index (χ4v) is 2.76. The third-order valence-electron chi connectivity index (χ3n) is 4.17. The van der Waals surface area contributed by atoms with Crippen LogP contribution in [-0.4, -0.2) is 22.1 Å². The van der Waals surface area contributed by atoms with Gasteiger partial charge >= 0.3 is 0 Å². The average molecular weight is 511 g/mol. The molecule has 154 valence electrons. The quantitative estimate of drug-likeness (QED) is 0.286. The van der Waals surface area contributed by atoms with Gasteiger partial charge < -0.3 is 15.2 Å². The number of benzene rings is 2. The van der Waals surface area contributed by atoms with Gasteiger partial charge in [-0.1, -0.05) is 30.3 Å². The van der Waals surface area contributed by atoms with Crippen molar-refractivity contribution < 1.29 is 8.78 Å². The Kier molecular flexibility index (Phi) is 9.04. The van der Waals surface area contributed by atoms with Crippen LogP contribution in [0.25, 0.3) is 0 Å². The molecule has 1 heterocycles. The maximum Gasteiger partial charge on any atom is 0.191 e. The predicted octanol–water partition coefficient (Wildman–Crippen LogP) is 4.08. The van der Waals surface area contributed by atoms with E-state index in [0.717, 1.165) is 30.6 Å². The van der Waals surface area contributed by atoms with Gasteiger partial charge in [0.2, 0.25) is 0 Å². The van der Waals surface area contributed by atoms with Crippen LogP contribution >= 0.6 is 24.0 Å². The molecule has 8 heteroatoms. The van der Waals surface area contributed by atoms with E-state index in [-0.39, 0.29) is 36.1 Å². The van der Waals surface area contributed by atoms with Crippen LogP contribution in [0, 0.1) is 11.6 Å². The number of aromatic nitrogens is 2. The second-order valence-corrected chi connectivity index (χ2v) is 6.24. The molecule has 0 atom stereocenters. The second-order valence-electron chi connectivity index (χ2n) is 6.24. The lowest BCUT2D eigenvalue weighted by molar-refractivity contribution is 0.585. The van der Waals surface area contributed by atoms with Gasteiger partial charge in [-0.3, -0.25) is 0 Å². The van der Waals surface area contributed by atoms with E-state index >= 15 is 0 Å². The Labute approximate surface area is 186 Å². The summed E-state index contributed by atoms with van der Waals surface area (Å²) in [6.45, 7) is 3.81. The van der Waals surface area contributed by atoms with Crippen molar-refractivity contribution in [2.75, 3.05) is 6.54 Å². The Morgan fingerprint density at radius 2 is 1.90 bits per heavy atom. The molecule has 0 fully saturated rings. The molecule has 0 saturated carbocycles. The van der Waals surface area contributed by atoms with Crippen molar-refractivity contribution in [3.05, 3.63) is 89.5 Å². The van der Waals surface area contributed by atoms with Gasteiger partial charge in [0.1, 0.15) is 17.5 Å². The summed E-state index contributed by atoms with van der Waals surface area (Å²) >= 11 is 0. The topological polar surface area (TPSA) is 54.2 Å². The fourth-order valence-electron chi connectivity index (χ4n) is 2.76. The zero-order valence-corrected chi connectivity index (χ0v) is 18.4. The van der Waals surface area contributed by atoms with Crippen LogP contribution in [0.15, 0.2) is 65.9 Å². The van der Waals surface area contributed by atoms with Crippen molar-refractivity contribution >= 4 is 29.9 Å². The van der Waals surface area contributed by atoms with Gasteiger partial charge in [0, 0.05) is 31.0 Å². The Balaban J connectivity index is 0.00000300. The number of nitrogens with one attached hydrogen (secondary N) is 2. The van der Waals surface area contributed by atoms with Gasteiger partial charge in [0.05, 0.1) is 13.1 Å². The number of nitrogens with zero attached hydrogens (tertiary/aromatic N) is 3. The van der Waals surface area contributed by atoms with Gasteiger partial charge in [-0.05, 0) is 30.7 Å². The summed E-state index contributed by atoms with van der Waals surface area (Å²) in [5, 5.41) is 6.30. The Hall–Kier alpha value is -2.49. The molecule has 29 heavy (non-hydrogen) atoms. The lowest BCUT2D eigenvalue weighted by atomic mass is 10.2. The van der Waals surface area contributed by atoms with Crippen molar-refractivity contribution in [3.63, 3.8) is 0 Å². The summed E-state index contributed by atoms with van der Waals surface area (Å²) in [4.78, 5) is 8.75. The molecule has 0 unspecified atom stereocenters. The molecule has 0 aliphatic rings. The SMILES string of the molecule is CCNC(=NCc1cc(F)ccc1F)NCc1nccn1Cc1ccccc1.I. The summed E-state index contributed by atoms with van der Waals surface area (Å²) in [7, 11) is 0. The van der Waals surface area contributed by atoms with E-state index < -0.39 is 11.6 Å². The van der Waals surface area contributed by atoms with E-state index in [1.807, 2.05) is 31.3 Å². The number of guanidine groups is 1. The molecule has 0 aliphatic carbocycles. The number of hydrogen-bond acceptors (Lipinski definition) is 2. The molecular formula is C21H24F2IN5. The van der Waals surface area contributed by atoms with Crippen LogP contribution in [0.2, 0.25) is 0 Å². The highest BCUT2D eigenvalue weighted by molar-refractivity contribution is 14.0. The minimum atomic E-state index is -0.479. The third-order valence-corrected chi connectivity index (χ3v) is 4.17. The molecule has 0 radical (unpaired) electrons. The van der Waals surface area contributed by atoms with Crippen LogP contribution in [0.4, 0.5) is 8.78 Å². The third kappa shape index (κ3) is 6.81. The normalized spacial score (nSPS) is 11.1. The molecule has 0 spiro atoms. The van der Waals surface area contributed by atoms with Crippen LogP contribution in [0.5, 0.6) is 0 Å². The first-order chi connectivity index (χ1) is 13.7. The maximum absolute atomic E-state index is 13.8. The molecule has 2 N–H and O–H groups in total. The van der Waals surface area contributed by atoms with Crippen LogP contribution in [0.3, 0.4) is 0 Å². The molecule has 0 bridgehead atoms. The second kappa shape index (κ2) is 11.5. The van der Waals surface area contributed by atoms with Crippen molar-refractivity contribution in [1.82, 2.24) is 20.2 Å². The van der Waals surface area contributed by atoms with E-state index in [0.29, 0.717) is 19.0 Å². The standard InChI is InChI=1S/C21H23F2N5.HI/c1-2-24-21(26-13-17-12-18(22)8-9-19(17)23)27-14-20-25-10-11-28(20)15-16-6-4-3-5-7-16;/h3-12H,2,13-15H2,1H3,(H2,24,26,27);1H. The van der Waals surface area contributed by atoms with Crippen molar-refractivity contribution in [2.24, 2.45) is 4.99 Å². The van der Waals surface area contributed by atoms with Gasteiger partial charge in [0.15, 0.2) is 5.96 Å². The molecule has 0 amide bonds. The minimum absolute atomic E-state index is 0. The zero-order chi connectivity index (χ0) is 19.8. The molecule has 2 aromatic carbocycles. The molecule has 3 rings (SSSR count). The maximum atomic E-state index is 13.8. The summed E-state index contributed by atoms with van der Waals surface area (Å²) < 4.78 is 29.2. The number of aliphatic imine (C=N–C) groups is 1. The van der Waals surface area contributed by atoms with Gasteiger partial charge in [-0.15, -0.1) is 24.0 Å². The smallest absolute Gasteiger partial charge is 0.191 e. The lowest BCUT2D eigenvalue weighted by Gasteiger charge is -2.13. The first-order valence-electron chi connectivity index (χ1n) is 9.15. The van der Waals surface area contributed by atoms with E-state index in [2.05, 4.69) is 37.3 Å². The Morgan fingerprint density at radius 3 is 2.66 bits per heavy atom. The molecule has 0 aliphatic heterocycles. The highest BCUT2D eigenvalue weighted by Crippen LogP contribution is 2.11.